The molecule has 7 nitrogen and oxygen atoms in total. The zero-order chi connectivity index (χ0) is 22.1. The van der Waals surface area contributed by atoms with Gasteiger partial charge in [-0.15, -0.1) is 0 Å². The van der Waals surface area contributed by atoms with Gasteiger partial charge in [-0.25, -0.2) is 9.97 Å². The van der Waals surface area contributed by atoms with E-state index >= 15 is 0 Å². The van der Waals surface area contributed by atoms with Crippen LogP contribution in [0.5, 0.6) is 0 Å². The maximum Gasteiger partial charge on any atom is 0.258 e. The van der Waals surface area contributed by atoms with Crippen molar-refractivity contribution in [2.24, 2.45) is 0 Å². The fraction of sp³-hybridized carbons (Fsp3) is 0.0833. The average Bonchev–Trinajstić information content (AvgIpc) is 3.42. The number of furan rings is 1. The molecule has 3 heterocycles. The molecule has 156 valence electrons. The standard InChI is InChI=1S/C24H16ClN5O2/c25-18-8-2-1-7-16(18)24(31)29-22-17(14-26)21-23(28-20-10-4-3-9-19(20)27-21)30(22)12-11-15-6-5-13-32-15/h1-10,13H,11-12H2,(H,29,31). The molecule has 0 aliphatic carbocycles. The SMILES string of the molecule is N#Cc1c(NC(=O)c2ccccc2Cl)n(CCc2ccco2)c2nc3ccccc3nc12. The summed E-state index contributed by atoms with van der Waals surface area (Å²) in [6.07, 6.45) is 2.16. The number of nitrogens with one attached hydrogen (secondary N) is 1. The van der Waals surface area contributed by atoms with Crippen LogP contribution >= 0.6 is 11.6 Å². The van der Waals surface area contributed by atoms with E-state index in [2.05, 4.69) is 16.4 Å². The van der Waals surface area contributed by atoms with Crippen LogP contribution in [0.1, 0.15) is 21.7 Å². The van der Waals surface area contributed by atoms with Crippen molar-refractivity contribution in [2.75, 3.05) is 5.32 Å². The lowest BCUT2D eigenvalue weighted by atomic mass is 10.2. The quantitative estimate of drug-likeness (QED) is 0.404. The zero-order valence-electron chi connectivity index (χ0n) is 16.7. The fourth-order valence-corrected chi connectivity index (χ4v) is 3.87. The van der Waals surface area contributed by atoms with Gasteiger partial charge in [0.15, 0.2) is 5.65 Å². The highest BCUT2D eigenvalue weighted by atomic mass is 35.5. The minimum Gasteiger partial charge on any atom is -0.469 e. The third kappa shape index (κ3) is 3.47. The van der Waals surface area contributed by atoms with Crippen LogP contribution in [0, 0.1) is 11.3 Å². The molecule has 0 atom stereocenters. The summed E-state index contributed by atoms with van der Waals surface area (Å²) in [6.45, 7) is 0.427. The van der Waals surface area contributed by atoms with Gasteiger partial charge < -0.3 is 14.3 Å². The monoisotopic (exact) mass is 441 g/mol. The topological polar surface area (TPSA) is 96.7 Å². The number of hydrogen-bond donors (Lipinski definition) is 1. The van der Waals surface area contributed by atoms with Crippen molar-refractivity contribution >= 4 is 45.5 Å². The number of amides is 1. The summed E-state index contributed by atoms with van der Waals surface area (Å²) in [6, 6.07) is 20.1. The first-order valence-corrected chi connectivity index (χ1v) is 10.3. The number of para-hydroxylation sites is 2. The van der Waals surface area contributed by atoms with Crippen LogP contribution in [-0.4, -0.2) is 20.4 Å². The molecule has 5 rings (SSSR count). The molecule has 0 spiro atoms. The van der Waals surface area contributed by atoms with Gasteiger partial charge in [0.25, 0.3) is 5.91 Å². The van der Waals surface area contributed by atoms with E-state index < -0.39 is 5.91 Å². The minimum atomic E-state index is -0.418. The number of fused-ring (bicyclic) bond motifs is 2. The van der Waals surface area contributed by atoms with E-state index in [1.807, 2.05) is 36.4 Å². The Morgan fingerprint density at radius 2 is 1.81 bits per heavy atom. The molecule has 0 aliphatic rings. The van der Waals surface area contributed by atoms with Gasteiger partial charge in [0, 0.05) is 13.0 Å². The molecule has 2 aromatic carbocycles. The molecule has 0 bridgehead atoms. The zero-order valence-corrected chi connectivity index (χ0v) is 17.5. The number of anilines is 1. The largest absolute Gasteiger partial charge is 0.469 e. The van der Waals surface area contributed by atoms with Gasteiger partial charge in [-0.3, -0.25) is 4.79 Å². The van der Waals surface area contributed by atoms with Crippen molar-refractivity contribution < 1.29 is 9.21 Å². The van der Waals surface area contributed by atoms with Crippen LogP contribution in [0.25, 0.3) is 22.2 Å². The van der Waals surface area contributed by atoms with Crippen LogP contribution in [0.2, 0.25) is 5.02 Å². The first-order chi connectivity index (χ1) is 15.7. The molecule has 32 heavy (non-hydrogen) atoms. The number of nitrogens with zero attached hydrogens (tertiary/aromatic N) is 4. The van der Waals surface area contributed by atoms with Crippen molar-refractivity contribution in [3.63, 3.8) is 0 Å². The molecule has 0 saturated carbocycles. The van der Waals surface area contributed by atoms with Crippen molar-refractivity contribution in [2.45, 2.75) is 13.0 Å². The number of nitriles is 1. The second-order valence-corrected chi connectivity index (χ2v) is 7.54. The van der Waals surface area contributed by atoms with Gasteiger partial charge in [0.1, 0.15) is 28.7 Å². The highest BCUT2D eigenvalue weighted by Gasteiger charge is 2.23. The van der Waals surface area contributed by atoms with E-state index in [0.717, 1.165) is 5.76 Å². The number of benzene rings is 2. The summed E-state index contributed by atoms with van der Waals surface area (Å²) >= 11 is 6.21. The van der Waals surface area contributed by atoms with E-state index in [-0.39, 0.29) is 5.56 Å². The highest BCUT2D eigenvalue weighted by molar-refractivity contribution is 6.34. The Bertz CT molecular complexity index is 1500. The van der Waals surface area contributed by atoms with Crippen LogP contribution in [0.15, 0.2) is 71.3 Å². The van der Waals surface area contributed by atoms with Crippen LogP contribution in [-0.2, 0) is 13.0 Å². The van der Waals surface area contributed by atoms with Crippen molar-refractivity contribution in [1.29, 1.82) is 5.26 Å². The molecule has 0 radical (unpaired) electrons. The smallest absolute Gasteiger partial charge is 0.258 e. The molecule has 0 unspecified atom stereocenters. The predicted molar refractivity (Wildman–Crippen MR) is 122 cm³/mol. The van der Waals surface area contributed by atoms with E-state index in [1.165, 1.54) is 0 Å². The van der Waals surface area contributed by atoms with Gasteiger partial charge in [0.2, 0.25) is 0 Å². The lowest BCUT2D eigenvalue weighted by Gasteiger charge is -2.12. The number of aromatic nitrogens is 3. The molecule has 3 aromatic heterocycles. The number of halogens is 1. The van der Waals surface area contributed by atoms with Gasteiger partial charge in [-0.1, -0.05) is 35.9 Å². The Hall–Kier alpha value is -4.15. The van der Waals surface area contributed by atoms with E-state index in [0.29, 0.717) is 51.6 Å². The maximum atomic E-state index is 13.0. The summed E-state index contributed by atoms with van der Waals surface area (Å²) in [5, 5.41) is 13.2. The second kappa shape index (κ2) is 8.17. The summed E-state index contributed by atoms with van der Waals surface area (Å²) in [4.78, 5) is 22.4. The third-order valence-corrected chi connectivity index (χ3v) is 5.51. The number of rotatable bonds is 5. The Kier molecular flexibility index (Phi) is 5.06. The van der Waals surface area contributed by atoms with Gasteiger partial charge in [-0.2, -0.15) is 5.26 Å². The molecule has 5 aromatic rings. The summed E-state index contributed by atoms with van der Waals surface area (Å²) in [5.41, 5.74) is 2.88. The number of aryl methyl sites for hydroxylation is 2. The van der Waals surface area contributed by atoms with Crippen molar-refractivity contribution in [3.8, 4) is 6.07 Å². The number of carbonyl (C=O) groups excluding carboxylic acids is 1. The predicted octanol–water partition coefficient (Wildman–Crippen LogP) is 5.20. The molecular formula is C24H16ClN5O2. The molecule has 8 heteroatoms. The highest BCUT2D eigenvalue weighted by Crippen LogP contribution is 2.30. The molecule has 1 amide bonds. The first kappa shape index (κ1) is 19.8. The Morgan fingerprint density at radius 1 is 1.06 bits per heavy atom. The van der Waals surface area contributed by atoms with Crippen molar-refractivity contribution in [1.82, 2.24) is 14.5 Å². The summed E-state index contributed by atoms with van der Waals surface area (Å²) < 4.78 is 7.25. The lowest BCUT2D eigenvalue weighted by molar-refractivity contribution is 0.102. The molecule has 0 fully saturated rings. The van der Waals surface area contributed by atoms with E-state index in [1.54, 1.807) is 35.1 Å². The summed E-state index contributed by atoms with van der Waals surface area (Å²) in [5.74, 6) is 0.690. The molecule has 0 aliphatic heterocycles. The second-order valence-electron chi connectivity index (χ2n) is 7.13. The van der Waals surface area contributed by atoms with Gasteiger partial charge in [0.05, 0.1) is 27.9 Å². The summed E-state index contributed by atoms with van der Waals surface area (Å²) in [7, 11) is 0. The van der Waals surface area contributed by atoms with Crippen molar-refractivity contribution in [3.05, 3.63) is 88.8 Å². The molecule has 0 saturated heterocycles. The Balaban J connectivity index is 1.67. The average molecular weight is 442 g/mol. The first-order valence-electron chi connectivity index (χ1n) is 9.93. The van der Waals surface area contributed by atoms with Crippen LogP contribution in [0.4, 0.5) is 5.82 Å². The fourth-order valence-electron chi connectivity index (χ4n) is 3.65. The van der Waals surface area contributed by atoms with E-state index in [9.17, 15) is 10.1 Å². The maximum absolute atomic E-state index is 13.0. The van der Waals surface area contributed by atoms with Crippen LogP contribution < -0.4 is 5.32 Å². The number of hydrogen-bond acceptors (Lipinski definition) is 5. The normalized spacial score (nSPS) is 11.0. The van der Waals surface area contributed by atoms with Gasteiger partial charge in [-0.05, 0) is 36.4 Å². The van der Waals surface area contributed by atoms with Gasteiger partial charge >= 0.3 is 0 Å². The molecular weight excluding hydrogens is 426 g/mol. The Labute approximate surface area is 187 Å². The molecule has 1 N–H and O–H groups in total. The van der Waals surface area contributed by atoms with Crippen LogP contribution in [0.3, 0.4) is 0 Å². The number of carbonyl (C=O) groups is 1. The minimum absolute atomic E-state index is 0.248. The Morgan fingerprint density at radius 3 is 2.53 bits per heavy atom. The lowest BCUT2D eigenvalue weighted by Crippen LogP contribution is -2.17. The van der Waals surface area contributed by atoms with E-state index in [4.69, 9.17) is 21.0 Å². The third-order valence-electron chi connectivity index (χ3n) is 5.18.